The van der Waals surface area contributed by atoms with Crippen molar-refractivity contribution in [1.82, 2.24) is 29.9 Å². The van der Waals surface area contributed by atoms with Crippen molar-refractivity contribution in [1.29, 1.82) is 0 Å². The first-order valence-electron chi connectivity index (χ1n) is 18.3. The van der Waals surface area contributed by atoms with Gasteiger partial charge in [0.25, 0.3) is 0 Å². The molecular weight excluding hydrogens is 707 g/mol. The number of nitrogens with zero attached hydrogens (tertiary/aromatic N) is 7. The lowest BCUT2D eigenvalue weighted by Gasteiger charge is -2.26. The summed E-state index contributed by atoms with van der Waals surface area (Å²) in [6.07, 6.45) is 5.27. The molecule has 7 nitrogen and oxygen atoms in total. The maximum atomic E-state index is 4.89. The summed E-state index contributed by atoms with van der Waals surface area (Å²) in [5.41, 5.74) is 13.5. The second-order valence-electron chi connectivity index (χ2n) is 13.6. The second kappa shape index (κ2) is 13.2. The van der Waals surface area contributed by atoms with Gasteiger partial charge in [0.05, 0.1) is 49.4 Å². The molecule has 0 bridgehead atoms. The van der Waals surface area contributed by atoms with Gasteiger partial charge in [-0.2, -0.15) is 0 Å². The molecule has 11 aromatic rings. The average molecular weight is 736 g/mol. The third-order valence-corrected chi connectivity index (χ3v) is 11.4. The molecule has 8 heteroatoms. The van der Waals surface area contributed by atoms with E-state index in [1.165, 1.54) is 10.1 Å². The number of hydrogen-bond donors (Lipinski definition) is 0. The lowest BCUT2D eigenvalue weighted by molar-refractivity contribution is 1.24. The molecule has 0 aliphatic carbocycles. The minimum absolute atomic E-state index is 0.875. The molecule has 0 spiro atoms. The van der Waals surface area contributed by atoms with Gasteiger partial charge in [-0.25, -0.2) is 19.9 Å². The Kier molecular flexibility index (Phi) is 7.53. The van der Waals surface area contributed by atoms with Gasteiger partial charge in [-0.15, -0.1) is 11.3 Å². The Morgan fingerprint density at radius 2 is 1.02 bits per heavy atom. The fourth-order valence-electron chi connectivity index (χ4n) is 7.49. The molecule has 0 radical (unpaired) electrons. The van der Waals surface area contributed by atoms with Crippen LogP contribution < -0.4 is 4.90 Å². The van der Waals surface area contributed by atoms with E-state index >= 15 is 0 Å². The molecule has 262 valence electrons. The molecule has 0 aliphatic rings. The quantitative estimate of drug-likeness (QED) is 0.168. The Morgan fingerprint density at radius 3 is 1.70 bits per heavy atom. The maximum absolute atomic E-state index is 4.89. The fourth-order valence-corrected chi connectivity index (χ4v) is 8.66. The van der Waals surface area contributed by atoms with Gasteiger partial charge in [-0.05, 0) is 108 Å². The number of aromatic nitrogens is 6. The first kappa shape index (κ1) is 32.0. The van der Waals surface area contributed by atoms with Crippen LogP contribution in [0.5, 0.6) is 0 Å². The van der Waals surface area contributed by atoms with Crippen molar-refractivity contribution in [2.75, 3.05) is 4.90 Å². The van der Waals surface area contributed by atoms with Crippen molar-refractivity contribution >= 4 is 81.5 Å². The van der Waals surface area contributed by atoms with Gasteiger partial charge < -0.3 is 4.90 Å². The van der Waals surface area contributed by atoms with Gasteiger partial charge in [0.1, 0.15) is 6.33 Å². The Bertz CT molecular complexity index is 3150. The van der Waals surface area contributed by atoms with Crippen LogP contribution >= 0.6 is 11.3 Å². The molecule has 6 heterocycles. The summed E-state index contributed by atoms with van der Waals surface area (Å²) in [6.45, 7) is 0. The highest BCUT2D eigenvalue weighted by Gasteiger charge is 2.17. The van der Waals surface area contributed by atoms with Gasteiger partial charge >= 0.3 is 0 Å². The van der Waals surface area contributed by atoms with E-state index in [1.54, 1.807) is 30.1 Å². The first-order valence-corrected chi connectivity index (χ1v) is 19.1. The minimum Gasteiger partial charge on any atom is -0.310 e. The van der Waals surface area contributed by atoms with E-state index in [9.17, 15) is 0 Å². The lowest BCUT2D eigenvalue weighted by Crippen LogP contribution is -2.10. The van der Waals surface area contributed by atoms with Crippen molar-refractivity contribution in [2.45, 2.75) is 0 Å². The average Bonchev–Trinajstić information content (AvgIpc) is 3.66. The fraction of sp³-hybridized carbons (Fsp3) is 0. The van der Waals surface area contributed by atoms with Gasteiger partial charge in [0.15, 0.2) is 0 Å². The van der Waals surface area contributed by atoms with E-state index in [-0.39, 0.29) is 0 Å². The predicted molar refractivity (Wildman–Crippen MR) is 230 cm³/mol. The molecule has 0 N–H and O–H groups in total. The van der Waals surface area contributed by atoms with Crippen LogP contribution in [0.15, 0.2) is 176 Å². The largest absolute Gasteiger partial charge is 0.310 e. The van der Waals surface area contributed by atoms with Crippen molar-refractivity contribution in [3.05, 3.63) is 176 Å². The molecule has 56 heavy (non-hydrogen) atoms. The summed E-state index contributed by atoms with van der Waals surface area (Å²) < 4.78 is 2.32. The van der Waals surface area contributed by atoms with Crippen LogP contribution in [0, 0.1) is 0 Å². The van der Waals surface area contributed by atoms with Crippen molar-refractivity contribution in [3.63, 3.8) is 0 Å². The molecule has 11 rings (SSSR count). The van der Waals surface area contributed by atoms with Crippen LogP contribution in [0.3, 0.4) is 0 Å². The molecule has 0 aliphatic heterocycles. The summed E-state index contributed by atoms with van der Waals surface area (Å²) in [6, 6.07) is 54.8. The summed E-state index contributed by atoms with van der Waals surface area (Å²) in [7, 11) is 0. The number of thiophene rings is 1. The number of anilines is 3. The molecule has 5 aromatic carbocycles. The number of rotatable bonds is 6. The summed E-state index contributed by atoms with van der Waals surface area (Å²) in [5.74, 6) is 0. The van der Waals surface area contributed by atoms with Gasteiger partial charge in [-0.1, -0.05) is 60.7 Å². The van der Waals surface area contributed by atoms with Crippen LogP contribution in [-0.4, -0.2) is 29.9 Å². The Labute approximate surface area is 325 Å². The van der Waals surface area contributed by atoms with Crippen LogP contribution in [-0.2, 0) is 0 Å². The van der Waals surface area contributed by atoms with E-state index in [4.69, 9.17) is 15.0 Å². The number of pyridine rings is 4. The Balaban J connectivity index is 0.987. The highest BCUT2D eigenvalue weighted by Crippen LogP contribution is 2.41. The molecule has 0 fully saturated rings. The van der Waals surface area contributed by atoms with Crippen molar-refractivity contribution in [3.8, 4) is 33.8 Å². The van der Waals surface area contributed by atoms with Gasteiger partial charge in [0, 0.05) is 56.2 Å². The predicted octanol–water partition coefficient (Wildman–Crippen LogP) is 12.4. The van der Waals surface area contributed by atoms with Crippen LogP contribution in [0.1, 0.15) is 0 Å². The monoisotopic (exact) mass is 735 g/mol. The van der Waals surface area contributed by atoms with Crippen LogP contribution in [0.25, 0.3) is 86.9 Å². The zero-order valence-corrected chi connectivity index (χ0v) is 30.6. The molecule has 0 unspecified atom stereocenters. The van der Waals surface area contributed by atoms with E-state index in [1.807, 2.05) is 48.5 Å². The zero-order valence-electron chi connectivity index (χ0n) is 29.8. The topological polar surface area (TPSA) is 80.6 Å². The number of hydrogen-bond acceptors (Lipinski definition) is 8. The smallest absolute Gasteiger partial charge is 0.116 e. The third kappa shape index (κ3) is 5.59. The van der Waals surface area contributed by atoms with Gasteiger partial charge in [-0.3, -0.25) is 9.97 Å². The highest BCUT2D eigenvalue weighted by atomic mass is 32.1. The Morgan fingerprint density at radius 1 is 0.429 bits per heavy atom. The molecule has 0 amide bonds. The molecular formula is C48H29N7S. The molecule has 6 aromatic heterocycles. The second-order valence-corrected chi connectivity index (χ2v) is 14.7. The van der Waals surface area contributed by atoms with E-state index < -0.39 is 0 Å². The summed E-state index contributed by atoms with van der Waals surface area (Å²) in [5, 5.41) is 3.44. The van der Waals surface area contributed by atoms with Crippen LogP contribution in [0.4, 0.5) is 17.1 Å². The number of benzene rings is 5. The molecule has 0 saturated carbocycles. The molecule has 0 saturated heterocycles. The summed E-state index contributed by atoms with van der Waals surface area (Å²) >= 11 is 1.74. The van der Waals surface area contributed by atoms with Crippen molar-refractivity contribution in [2.24, 2.45) is 0 Å². The van der Waals surface area contributed by atoms with E-state index in [0.717, 1.165) is 93.9 Å². The third-order valence-electron chi connectivity index (χ3n) is 10.3. The van der Waals surface area contributed by atoms with Gasteiger partial charge in [0.2, 0.25) is 0 Å². The van der Waals surface area contributed by atoms with E-state index in [2.05, 4.69) is 129 Å². The normalized spacial score (nSPS) is 11.6. The zero-order chi connectivity index (χ0) is 37.0. The van der Waals surface area contributed by atoms with E-state index in [0.29, 0.717) is 0 Å². The lowest BCUT2D eigenvalue weighted by atomic mass is 10.0. The summed E-state index contributed by atoms with van der Waals surface area (Å²) in [4.78, 5) is 30.4. The maximum Gasteiger partial charge on any atom is 0.116 e. The standard InChI is InChI=1S/C48H29N7S/c1-2-8-45-38(5-1)47-48(56-45)46(51-29-52-47)34-10-9-33-28-37(20-15-32(33)27-34)55(35-16-11-30(12-17-35)39-21-23-41-43(53-39)6-3-25-49-41)36-18-13-31(14-19-36)40-22-24-42-44(54-40)7-4-26-50-42/h1-29H. The molecule has 0 atom stereocenters. The first-order chi connectivity index (χ1) is 27.7. The number of fused-ring (bicyclic) bond motifs is 6. The minimum atomic E-state index is 0.875. The Hall–Kier alpha value is -7.42. The van der Waals surface area contributed by atoms with Crippen molar-refractivity contribution < 1.29 is 0 Å². The van der Waals surface area contributed by atoms with Crippen LogP contribution in [0.2, 0.25) is 0 Å². The highest BCUT2D eigenvalue weighted by molar-refractivity contribution is 7.26. The SMILES string of the molecule is c1cnc2ccc(-c3ccc(N(c4ccc(-c5ccc6ncccc6n5)cc4)c4ccc5cc(-c6ncnc7c6sc6ccccc67)ccc5c4)cc3)nc2c1.